The SMILES string of the molecule is C/C=c1/c(C)c2[nH]/c1=C\c1[nH]c(/c(=C/CS)c1C)=C\c1[nH]c(c(/C=C/C(=O)O)c1C)/C=c1\[nH]/c(c(C)c1CCC(=O)O)=C\2. The van der Waals surface area contributed by atoms with Crippen LogP contribution in [-0.2, 0) is 16.0 Å². The second-order valence-corrected chi connectivity index (χ2v) is 11.2. The summed E-state index contributed by atoms with van der Waals surface area (Å²) in [6.45, 7) is 10.2. The molecule has 0 saturated carbocycles. The smallest absolute Gasteiger partial charge is 0.328 e. The third-order valence-corrected chi connectivity index (χ3v) is 8.46. The van der Waals surface area contributed by atoms with Crippen LogP contribution < -0.4 is 31.8 Å². The highest BCUT2D eigenvalue weighted by atomic mass is 32.1. The normalized spacial score (nSPS) is 16.7. The third-order valence-electron chi connectivity index (χ3n) is 8.27. The zero-order chi connectivity index (χ0) is 31.0. The maximum absolute atomic E-state index is 11.6. The lowest BCUT2D eigenvalue weighted by Crippen LogP contribution is -2.24. The van der Waals surface area contributed by atoms with Crippen molar-refractivity contribution in [3.05, 3.63) is 94.1 Å². The maximum atomic E-state index is 11.6. The number of carbonyl (C=O) groups is 2. The van der Waals surface area contributed by atoms with Gasteiger partial charge in [-0.1, -0.05) is 12.2 Å². The molecule has 0 unspecified atom stereocenters. The molecule has 43 heavy (non-hydrogen) atoms. The molecule has 222 valence electrons. The fourth-order valence-electron chi connectivity index (χ4n) is 5.91. The molecular weight excluding hydrogens is 560 g/mol. The zero-order valence-corrected chi connectivity index (χ0v) is 25.8. The van der Waals surface area contributed by atoms with Gasteiger partial charge in [0.1, 0.15) is 0 Å². The molecule has 4 aromatic heterocycles. The predicted molar refractivity (Wildman–Crippen MR) is 175 cm³/mol. The van der Waals surface area contributed by atoms with E-state index < -0.39 is 11.9 Å². The van der Waals surface area contributed by atoms with Gasteiger partial charge in [-0.15, -0.1) is 0 Å². The lowest BCUT2D eigenvalue weighted by Gasteiger charge is -1.99. The number of carboxylic acids is 2. The topological polar surface area (TPSA) is 138 Å². The van der Waals surface area contributed by atoms with Gasteiger partial charge in [0, 0.05) is 68.0 Å². The van der Waals surface area contributed by atoms with Gasteiger partial charge < -0.3 is 30.1 Å². The van der Waals surface area contributed by atoms with Crippen molar-refractivity contribution in [3.8, 4) is 0 Å². The van der Waals surface area contributed by atoms with Crippen molar-refractivity contribution in [1.29, 1.82) is 0 Å². The molecule has 0 fully saturated rings. The van der Waals surface area contributed by atoms with Gasteiger partial charge in [0.2, 0.25) is 0 Å². The van der Waals surface area contributed by atoms with Crippen LogP contribution in [0.4, 0.5) is 0 Å². The molecule has 0 aromatic carbocycles. The number of aliphatic carboxylic acids is 2. The molecule has 0 saturated heterocycles. The Morgan fingerprint density at radius 3 is 1.93 bits per heavy atom. The quantitative estimate of drug-likeness (QED) is 0.118. The number of nitrogens with one attached hydrogen (secondary N) is 4. The van der Waals surface area contributed by atoms with E-state index in [9.17, 15) is 19.8 Å². The molecule has 0 radical (unpaired) electrons. The molecule has 8 nitrogen and oxygen atoms in total. The van der Waals surface area contributed by atoms with E-state index in [1.165, 1.54) is 0 Å². The lowest BCUT2D eigenvalue weighted by atomic mass is 10.0. The minimum atomic E-state index is -1.04. The second kappa shape index (κ2) is 11.9. The van der Waals surface area contributed by atoms with Crippen LogP contribution in [0.15, 0.2) is 6.08 Å². The summed E-state index contributed by atoms with van der Waals surface area (Å²) in [4.78, 5) is 37.3. The summed E-state index contributed by atoms with van der Waals surface area (Å²) in [5.41, 5.74) is 9.16. The first-order valence-electron chi connectivity index (χ1n) is 14.2. The minimum Gasteiger partial charge on any atom is -0.481 e. The Bertz CT molecular complexity index is 2190. The fraction of sp³-hybridized carbons (Fsp3) is 0.235. The largest absolute Gasteiger partial charge is 0.481 e. The minimum absolute atomic E-state index is 0.0121. The van der Waals surface area contributed by atoms with Gasteiger partial charge in [0.25, 0.3) is 0 Å². The van der Waals surface area contributed by atoms with E-state index in [1.54, 1.807) is 6.08 Å². The predicted octanol–water partition coefficient (Wildman–Crippen LogP) is 1.49. The highest BCUT2D eigenvalue weighted by molar-refractivity contribution is 7.80. The summed E-state index contributed by atoms with van der Waals surface area (Å²) in [5, 5.41) is 24.6. The van der Waals surface area contributed by atoms with Gasteiger partial charge >= 0.3 is 11.9 Å². The summed E-state index contributed by atoms with van der Waals surface area (Å²) < 4.78 is 0. The molecule has 5 heterocycles. The fourth-order valence-corrected chi connectivity index (χ4v) is 6.09. The van der Waals surface area contributed by atoms with E-state index in [2.05, 4.69) is 70.7 Å². The first-order valence-corrected chi connectivity index (χ1v) is 14.8. The number of H-pyrrole nitrogens is 4. The van der Waals surface area contributed by atoms with Crippen molar-refractivity contribution in [3.63, 3.8) is 0 Å². The number of fused-ring (bicyclic) bond motifs is 8. The Balaban J connectivity index is 1.97. The maximum Gasteiger partial charge on any atom is 0.328 e. The van der Waals surface area contributed by atoms with E-state index >= 15 is 0 Å². The number of hydrogen-bond donors (Lipinski definition) is 7. The molecule has 1 aliphatic rings. The third kappa shape index (κ3) is 5.72. The van der Waals surface area contributed by atoms with Gasteiger partial charge in [0.15, 0.2) is 0 Å². The van der Waals surface area contributed by atoms with Crippen molar-refractivity contribution in [1.82, 2.24) is 19.9 Å². The standard InChI is InChI=1S/C34H36N4O4S/c1-6-21-17(2)25-13-26-18(3)22(7-9-33(39)40)31(36-26)16-32-23(8-10-34(41)42)19(4)28(38-32)15-30-24(11-12-43)20(5)27(37-30)14-29(21)35-25/h6,8,10-11,13-16,35-38,43H,7,9,12H2,1-5H3,(H,39,40)(H,41,42)/b10-8+,21-6-,24-11+,26-13-,29-14-,30-15-,31-16-. The number of rotatable bonds is 6. The van der Waals surface area contributed by atoms with E-state index in [0.717, 1.165) is 88.4 Å². The van der Waals surface area contributed by atoms with Gasteiger partial charge in [0.05, 0.1) is 0 Å². The Morgan fingerprint density at radius 1 is 0.744 bits per heavy atom. The molecule has 0 spiro atoms. The number of aromatic amines is 4. The number of carboxylic acid groups (broad SMARTS) is 2. The number of hydrogen-bond acceptors (Lipinski definition) is 3. The summed E-state index contributed by atoms with van der Waals surface area (Å²) in [7, 11) is 0. The van der Waals surface area contributed by atoms with Crippen molar-refractivity contribution in [2.24, 2.45) is 0 Å². The average Bonchev–Trinajstić information content (AvgIpc) is 3.61. The first kappa shape index (κ1) is 29.8. The lowest BCUT2D eigenvalue weighted by molar-refractivity contribution is -0.137. The van der Waals surface area contributed by atoms with E-state index in [0.29, 0.717) is 17.9 Å². The molecule has 1 aliphatic heterocycles. The molecule has 0 amide bonds. The molecular formula is C34H36N4O4S. The molecule has 5 rings (SSSR count). The van der Waals surface area contributed by atoms with Gasteiger partial charge in [-0.25, -0.2) is 4.79 Å². The first-order chi connectivity index (χ1) is 20.5. The summed E-state index contributed by atoms with van der Waals surface area (Å²) in [5.74, 6) is -1.35. The molecule has 0 aliphatic carbocycles. The summed E-state index contributed by atoms with van der Waals surface area (Å²) in [6.07, 6.45) is 15.4. The average molecular weight is 597 g/mol. The van der Waals surface area contributed by atoms with E-state index in [4.69, 9.17) is 0 Å². The van der Waals surface area contributed by atoms with Gasteiger partial charge in [-0.05, 0) is 110 Å². The summed E-state index contributed by atoms with van der Waals surface area (Å²) >= 11 is 4.48. The van der Waals surface area contributed by atoms with Crippen LogP contribution in [0.5, 0.6) is 0 Å². The van der Waals surface area contributed by atoms with Crippen LogP contribution in [0.2, 0.25) is 0 Å². The van der Waals surface area contributed by atoms with Crippen molar-refractivity contribution < 1.29 is 19.8 Å². The summed E-state index contributed by atoms with van der Waals surface area (Å²) in [6, 6.07) is 0. The van der Waals surface area contributed by atoms with Crippen molar-refractivity contribution in [2.45, 2.75) is 47.5 Å². The van der Waals surface area contributed by atoms with Crippen LogP contribution >= 0.6 is 12.6 Å². The molecule has 8 bridgehead atoms. The van der Waals surface area contributed by atoms with Crippen molar-refractivity contribution >= 4 is 67.1 Å². The second-order valence-electron chi connectivity index (χ2n) is 10.8. The number of thiol groups is 1. The van der Waals surface area contributed by atoms with Crippen molar-refractivity contribution in [2.75, 3.05) is 5.75 Å². The number of aromatic nitrogens is 4. The Hall–Kier alpha value is -4.63. The van der Waals surface area contributed by atoms with Crippen LogP contribution in [0.3, 0.4) is 0 Å². The highest BCUT2D eigenvalue weighted by Crippen LogP contribution is 2.22. The van der Waals surface area contributed by atoms with Crippen LogP contribution in [0.1, 0.15) is 69.5 Å². The van der Waals surface area contributed by atoms with E-state index in [1.807, 2.05) is 32.9 Å². The van der Waals surface area contributed by atoms with Gasteiger partial charge in [-0.2, -0.15) is 12.6 Å². The Morgan fingerprint density at radius 2 is 1.33 bits per heavy atom. The van der Waals surface area contributed by atoms with Crippen LogP contribution in [0.25, 0.3) is 42.5 Å². The van der Waals surface area contributed by atoms with Gasteiger partial charge in [-0.3, -0.25) is 4.79 Å². The van der Waals surface area contributed by atoms with Crippen LogP contribution in [0, 0.1) is 27.7 Å². The molecule has 9 heteroatoms. The molecule has 6 N–H and O–H groups in total. The zero-order valence-electron chi connectivity index (χ0n) is 24.9. The molecule has 4 aromatic rings. The Kier molecular flexibility index (Phi) is 8.28. The Labute approximate surface area is 253 Å². The van der Waals surface area contributed by atoms with E-state index in [-0.39, 0.29) is 6.42 Å². The monoisotopic (exact) mass is 596 g/mol. The van der Waals surface area contributed by atoms with Crippen LogP contribution in [-0.4, -0.2) is 47.8 Å². The molecule has 0 atom stereocenters. The highest BCUT2D eigenvalue weighted by Gasteiger charge is 2.15.